The Morgan fingerprint density at radius 3 is 2.81 bits per heavy atom. The third-order valence-electron chi connectivity index (χ3n) is 3.04. The van der Waals surface area contributed by atoms with Crippen molar-refractivity contribution in [2.45, 2.75) is 38.7 Å². The molecule has 1 aromatic rings. The monoisotopic (exact) mass is 220 g/mol. The average molecular weight is 220 g/mol. The topological polar surface area (TPSA) is 36.4 Å². The van der Waals surface area contributed by atoms with Crippen LogP contribution in [0.2, 0.25) is 0 Å². The summed E-state index contributed by atoms with van der Waals surface area (Å²) in [5.41, 5.74) is 1.17. The average Bonchev–Trinajstić information content (AvgIpc) is 2.30. The predicted octanol–water partition coefficient (Wildman–Crippen LogP) is 2.00. The Morgan fingerprint density at radius 1 is 1.38 bits per heavy atom. The number of aliphatic hydroxyl groups is 1. The maximum Gasteiger partial charge on any atom is 0.131 e. The van der Waals surface area contributed by atoms with Gasteiger partial charge in [0, 0.05) is 25.7 Å². The van der Waals surface area contributed by atoms with E-state index in [1.54, 1.807) is 0 Å². The lowest BCUT2D eigenvalue weighted by molar-refractivity contribution is 0.195. The molecule has 2 heterocycles. The molecule has 1 atom stereocenters. The largest absolute Gasteiger partial charge is 0.393 e. The van der Waals surface area contributed by atoms with Crippen LogP contribution in [0.5, 0.6) is 0 Å². The van der Waals surface area contributed by atoms with Gasteiger partial charge in [-0.2, -0.15) is 0 Å². The van der Waals surface area contributed by atoms with Crippen LogP contribution in [0.3, 0.4) is 0 Å². The van der Waals surface area contributed by atoms with Crippen LogP contribution in [0.1, 0.15) is 31.7 Å². The fourth-order valence-corrected chi connectivity index (χ4v) is 2.30. The lowest BCUT2D eigenvalue weighted by Crippen LogP contribution is -2.31. The summed E-state index contributed by atoms with van der Waals surface area (Å²) in [5.74, 6) is 1.07. The Labute approximate surface area is 97.1 Å². The van der Waals surface area contributed by atoms with Crippen LogP contribution >= 0.6 is 0 Å². The first kappa shape index (κ1) is 11.4. The molecule has 0 amide bonds. The lowest BCUT2D eigenvalue weighted by Gasteiger charge is -2.29. The van der Waals surface area contributed by atoms with Crippen molar-refractivity contribution < 1.29 is 5.11 Å². The molecule has 0 unspecified atom stereocenters. The van der Waals surface area contributed by atoms with Gasteiger partial charge in [0.25, 0.3) is 0 Å². The maximum atomic E-state index is 9.48. The molecule has 88 valence electrons. The molecule has 3 nitrogen and oxygen atoms in total. The molecule has 0 spiro atoms. The Morgan fingerprint density at radius 2 is 2.12 bits per heavy atom. The molecule has 1 fully saturated rings. The van der Waals surface area contributed by atoms with Crippen molar-refractivity contribution in [3.8, 4) is 0 Å². The normalized spacial score (nSPS) is 18.5. The molecule has 0 aromatic carbocycles. The number of nitrogens with zero attached hydrogens (tertiary/aromatic N) is 2. The molecule has 0 bridgehead atoms. The van der Waals surface area contributed by atoms with Crippen molar-refractivity contribution >= 4 is 5.82 Å². The summed E-state index contributed by atoms with van der Waals surface area (Å²) in [6.45, 7) is 4.03. The number of piperidine rings is 1. The highest BCUT2D eigenvalue weighted by Crippen LogP contribution is 2.22. The smallest absolute Gasteiger partial charge is 0.131 e. The highest BCUT2D eigenvalue weighted by molar-refractivity contribution is 5.47. The van der Waals surface area contributed by atoms with Crippen LogP contribution in [0.4, 0.5) is 5.82 Å². The van der Waals surface area contributed by atoms with Gasteiger partial charge in [-0.3, -0.25) is 0 Å². The highest BCUT2D eigenvalue weighted by Gasteiger charge is 2.15. The van der Waals surface area contributed by atoms with Gasteiger partial charge in [-0.15, -0.1) is 0 Å². The standard InChI is InChI=1S/C13H20N2O/c1-11(16)10-12-6-5-7-14-13(12)15-8-3-2-4-9-15/h5-7,11,16H,2-4,8-10H2,1H3/t11-/m0/s1. The molecule has 2 rings (SSSR count). The summed E-state index contributed by atoms with van der Waals surface area (Å²) in [6, 6.07) is 4.02. The number of hydrogen-bond donors (Lipinski definition) is 1. The second-order valence-corrected chi connectivity index (χ2v) is 4.59. The van der Waals surface area contributed by atoms with E-state index in [1.807, 2.05) is 19.2 Å². The third kappa shape index (κ3) is 2.73. The quantitative estimate of drug-likeness (QED) is 0.846. The van der Waals surface area contributed by atoms with Gasteiger partial charge in [0.2, 0.25) is 0 Å². The van der Waals surface area contributed by atoms with E-state index in [9.17, 15) is 5.11 Å². The molecule has 1 aromatic heterocycles. The molecular formula is C13H20N2O. The molecule has 16 heavy (non-hydrogen) atoms. The van der Waals surface area contributed by atoms with E-state index >= 15 is 0 Å². The first-order chi connectivity index (χ1) is 7.77. The lowest BCUT2D eigenvalue weighted by atomic mass is 10.1. The predicted molar refractivity (Wildman–Crippen MR) is 65.7 cm³/mol. The number of pyridine rings is 1. The fourth-order valence-electron chi connectivity index (χ4n) is 2.30. The van der Waals surface area contributed by atoms with E-state index in [0.717, 1.165) is 18.9 Å². The fraction of sp³-hybridized carbons (Fsp3) is 0.615. The van der Waals surface area contributed by atoms with Gasteiger partial charge in [-0.05, 0) is 37.8 Å². The van der Waals surface area contributed by atoms with Gasteiger partial charge in [0.15, 0.2) is 0 Å². The summed E-state index contributed by atoms with van der Waals surface area (Å²) in [7, 11) is 0. The highest BCUT2D eigenvalue weighted by atomic mass is 16.3. The Bertz CT molecular complexity index is 332. The van der Waals surface area contributed by atoms with Crippen LogP contribution in [-0.4, -0.2) is 29.3 Å². The van der Waals surface area contributed by atoms with E-state index in [4.69, 9.17) is 0 Å². The second-order valence-electron chi connectivity index (χ2n) is 4.59. The SMILES string of the molecule is C[C@H](O)Cc1cccnc1N1CCCCC1. The molecule has 1 N–H and O–H groups in total. The zero-order chi connectivity index (χ0) is 11.4. The zero-order valence-corrected chi connectivity index (χ0v) is 9.89. The van der Waals surface area contributed by atoms with Crippen molar-refractivity contribution in [2.75, 3.05) is 18.0 Å². The second kappa shape index (κ2) is 5.30. The van der Waals surface area contributed by atoms with E-state index < -0.39 is 0 Å². The van der Waals surface area contributed by atoms with Gasteiger partial charge < -0.3 is 10.0 Å². The van der Waals surface area contributed by atoms with Gasteiger partial charge >= 0.3 is 0 Å². The molecule has 1 aliphatic heterocycles. The molecule has 1 saturated heterocycles. The Kier molecular flexibility index (Phi) is 3.78. The number of anilines is 1. The summed E-state index contributed by atoms with van der Waals surface area (Å²) >= 11 is 0. The van der Waals surface area contributed by atoms with Crippen molar-refractivity contribution in [3.05, 3.63) is 23.9 Å². The first-order valence-electron chi connectivity index (χ1n) is 6.14. The third-order valence-corrected chi connectivity index (χ3v) is 3.04. The van der Waals surface area contributed by atoms with Crippen molar-refractivity contribution in [3.63, 3.8) is 0 Å². The summed E-state index contributed by atoms with van der Waals surface area (Å²) in [5, 5.41) is 9.48. The number of aliphatic hydroxyl groups excluding tert-OH is 1. The van der Waals surface area contributed by atoms with E-state index in [-0.39, 0.29) is 6.10 Å². The van der Waals surface area contributed by atoms with Crippen molar-refractivity contribution in [2.24, 2.45) is 0 Å². The molecule has 0 aliphatic carbocycles. The number of hydrogen-bond acceptors (Lipinski definition) is 3. The first-order valence-corrected chi connectivity index (χ1v) is 6.14. The van der Waals surface area contributed by atoms with Crippen molar-refractivity contribution in [1.29, 1.82) is 0 Å². The molecule has 0 saturated carbocycles. The van der Waals surface area contributed by atoms with Crippen LogP contribution in [-0.2, 0) is 6.42 Å². The van der Waals surface area contributed by atoms with Gasteiger partial charge in [0.05, 0.1) is 6.10 Å². The van der Waals surface area contributed by atoms with Gasteiger partial charge in [-0.25, -0.2) is 4.98 Å². The van der Waals surface area contributed by atoms with Crippen LogP contribution in [0.25, 0.3) is 0 Å². The zero-order valence-electron chi connectivity index (χ0n) is 9.89. The minimum absolute atomic E-state index is 0.298. The van der Waals surface area contributed by atoms with E-state index in [0.29, 0.717) is 6.42 Å². The number of aromatic nitrogens is 1. The van der Waals surface area contributed by atoms with Gasteiger partial charge in [0.1, 0.15) is 5.82 Å². The van der Waals surface area contributed by atoms with E-state index in [1.165, 1.54) is 24.8 Å². The molecule has 3 heteroatoms. The molecule has 1 aliphatic rings. The van der Waals surface area contributed by atoms with Crippen LogP contribution in [0, 0.1) is 0 Å². The van der Waals surface area contributed by atoms with Gasteiger partial charge in [-0.1, -0.05) is 6.07 Å². The van der Waals surface area contributed by atoms with Crippen molar-refractivity contribution in [1.82, 2.24) is 4.98 Å². The Hall–Kier alpha value is -1.09. The van der Waals surface area contributed by atoms with Crippen LogP contribution in [0.15, 0.2) is 18.3 Å². The number of rotatable bonds is 3. The van der Waals surface area contributed by atoms with E-state index in [2.05, 4.69) is 16.0 Å². The summed E-state index contributed by atoms with van der Waals surface area (Å²) < 4.78 is 0. The molecular weight excluding hydrogens is 200 g/mol. The minimum atomic E-state index is -0.298. The summed E-state index contributed by atoms with van der Waals surface area (Å²) in [4.78, 5) is 6.82. The Balaban J connectivity index is 2.17. The summed E-state index contributed by atoms with van der Waals surface area (Å²) in [6.07, 6.45) is 6.08. The molecule has 0 radical (unpaired) electrons. The maximum absolute atomic E-state index is 9.48. The minimum Gasteiger partial charge on any atom is -0.393 e. The van der Waals surface area contributed by atoms with Crippen LogP contribution < -0.4 is 4.90 Å².